The molecule has 130 valence electrons. The number of benzene rings is 1. The first kappa shape index (κ1) is 18.3. The van der Waals surface area contributed by atoms with E-state index in [0.29, 0.717) is 5.56 Å². The molecule has 2 N–H and O–H groups in total. The van der Waals surface area contributed by atoms with E-state index in [0.717, 1.165) is 0 Å². The molecular formula is C19H21N3O3. The van der Waals surface area contributed by atoms with Gasteiger partial charge < -0.3 is 10.6 Å². The second-order valence-corrected chi connectivity index (χ2v) is 6.03. The van der Waals surface area contributed by atoms with Gasteiger partial charge in [0.25, 0.3) is 5.91 Å². The van der Waals surface area contributed by atoms with Crippen LogP contribution in [0.2, 0.25) is 0 Å². The van der Waals surface area contributed by atoms with Gasteiger partial charge in [-0.15, -0.1) is 0 Å². The van der Waals surface area contributed by atoms with Crippen LogP contribution >= 0.6 is 0 Å². The largest absolute Gasteiger partial charge is 0.368 e. The number of aromatic nitrogens is 1. The lowest BCUT2D eigenvalue weighted by Crippen LogP contribution is -2.52. The molecule has 1 aromatic carbocycles. The number of rotatable bonds is 7. The van der Waals surface area contributed by atoms with E-state index in [4.69, 9.17) is 5.73 Å². The van der Waals surface area contributed by atoms with Gasteiger partial charge in [-0.25, -0.2) is 0 Å². The van der Waals surface area contributed by atoms with E-state index in [1.165, 1.54) is 11.1 Å². The molecule has 0 unspecified atom stereocenters. The summed E-state index contributed by atoms with van der Waals surface area (Å²) in [5.74, 6) is -1.66. The molecule has 1 atom stereocenters. The third kappa shape index (κ3) is 4.50. The van der Waals surface area contributed by atoms with E-state index in [1.807, 2.05) is 0 Å². The van der Waals surface area contributed by atoms with Crippen molar-refractivity contribution < 1.29 is 14.4 Å². The van der Waals surface area contributed by atoms with Crippen LogP contribution in [-0.2, 0) is 4.79 Å². The van der Waals surface area contributed by atoms with E-state index in [2.05, 4.69) is 4.98 Å². The summed E-state index contributed by atoms with van der Waals surface area (Å²) in [4.78, 5) is 42.6. The molecule has 0 spiro atoms. The molecule has 0 aliphatic carbocycles. The maximum atomic E-state index is 12.9. The highest BCUT2D eigenvalue weighted by Crippen LogP contribution is 2.15. The van der Waals surface area contributed by atoms with E-state index in [-0.39, 0.29) is 23.9 Å². The fourth-order valence-corrected chi connectivity index (χ4v) is 2.64. The number of amides is 2. The highest BCUT2D eigenvalue weighted by Gasteiger charge is 2.33. The van der Waals surface area contributed by atoms with E-state index < -0.39 is 17.9 Å². The molecule has 0 fully saturated rings. The van der Waals surface area contributed by atoms with Gasteiger partial charge in [-0.05, 0) is 18.1 Å². The summed E-state index contributed by atoms with van der Waals surface area (Å²) < 4.78 is 0. The van der Waals surface area contributed by atoms with E-state index >= 15 is 0 Å². The molecule has 0 saturated carbocycles. The molecule has 1 aromatic heterocycles. The number of carbonyl (C=O) groups excluding carboxylic acids is 3. The van der Waals surface area contributed by atoms with Crippen LogP contribution in [0.15, 0.2) is 54.7 Å². The molecular weight excluding hydrogens is 318 g/mol. The molecule has 0 aliphatic heterocycles. The Hall–Kier alpha value is -3.02. The molecule has 0 saturated heterocycles. The molecule has 2 amide bonds. The number of Topliss-reactive ketones (excluding diaryl/α,β-unsaturated/α-hetero) is 1. The first-order valence-electron chi connectivity index (χ1n) is 8.01. The van der Waals surface area contributed by atoms with Crippen LogP contribution in [0.1, 0.15) is 34.7 Å². The van der Waals surface area contributed by atoms with Crippen LogP contribution in [0.5, 0.6) is 0 Å². The Bertz CT molecular complexity index is 745. The maximum Gasteiger partial charge on any atom is 0.273 e. The Morgan fingerprint density at radius 1 is 1.04 bits per heavy atom. The highest BCUT2D eigenvalue weighted by molar-refractivity contribution is 6.03. The van der Waals surface area contributed by atoms with Crippen molar-refractivity contribution in [2.75, 3.05) is 6.54 Å². The van der Waals surface area contributed by atoms with Crippen molar-refractivity contribution in [3.63, 3.8) is 0 Å². The number of pyridine rings is 1. The first-order chi connectivity index (χ1) is 11.9. The zero-order valence-corrected chi connectivity index (χ0v) is 14.3. The Kier molecular flexibility index (Phi) is 6.00. The molecule has 0 aliphatic rings. The Morgan fingerprint density at radius 3 is 2.20 bits per heavy atom. The van der Waals surface area contributed by atoms with Crippen molar-refractivity contribution in [2.45, 2.75) is 19.9 Å². The van der Waals surface area contributed by atoms with Gasteiger partial charge in [0.05, 0.1) is 6.54 Å². The number of nitrogens with zero attached hydrogens (tertiary/aromatic N) is 2. The van der Waals surface area contributed by atoms with Crippen molar-refractivity contribution in [3.8, 4) is 0 Å². The lowest BCUT2D eigenvalue weighted by atomic mass is 10.00. The molecule has 1 heterocycles. The number of nitrogens with two attached hydrogens (primary N) is 1. The topological polar surface area (TPSA) is 93.4 Å². The van der Waals surface area contributed by atoms with Gasteiger partial charge in [0.2, 0.25) is 5.91 Å². The summed E-state index contributed by atoms with van der Waals surface area (Å²) in [6.07, 6.45) is 1.49. The van der Waals surface area contributed by atoms with Gasteiger partial charge in [0, 0.05) is 11.8 Å². The Labute approximate surface area is 146 Å². The van der Waals surface area contributed by atoms with Crippen LogP contribution < -0.4 is 5.73 Å². The van der Waals surface area contributed by atoms with E-state index in [9.17, 15) is 14.4 Å². The Balaban J connectivity index is 2.36. The standard InChI is InChI=1S/C19H21N3O3/c1-13(2)17(18(20)24)22(19(25)15-10-6-7-11-21-15)12-16(23)14-8-4-3-5-9-14/h3-11,13,17H,12H2,1-2H3,(H2,20,24)/t17-/m1/s1. The summed E-state index contributed by atoms with van der Waals surface area (Å²) in [6.45, 7) is 3.31. The molecule has 0 radical (unpaired) electrons. The minimum absolute atomic E-state index is 0.162. The molecule has 2 rings (SSSR count). The lowest BCUT2D eigenvalue weighted by Gasteiger charge is -2.31. The third-order valence-electron chi connectivity index (χ3n) is 3.81. The lowest BCUT2D eigenvalue weighted by molar-refractivity contribution is -0.123. The van der Waals surface area contributed by atoms with Crippen LogP contribution in [0, 0.1) is 5.92 Å². The van der Waals surface area contributed by atoms with Crippen molar-refractivity contribution in [1.82, 2.24) is 9.88 Å². The highest BCUT2D eigenvalue weighted by atomic mass is 16.2. The van der Waals surface area contributed by atoms with Gasteiger partial charge in [0.15, 0.2) is 5.78 Å². The second-order valence-electron chi connectivity index (χ2n) is 6.03. The molecule has 0 bridgehead atoms. The van der Waals surface area contributed by atoms with Crippen LogP contribution in [0.25, 0.3) is 0 Å². The SMILES string of the molecule is CC(C)[C@H](C(N)=O)N(CC(=O)c1ccccc1)C(=O)c1ccccn1. The van der Waals surface area contributed by atoms with Gasteiger partial charge in [0.1, 0.15) is 11.7 Å². The van der Waals surface area contributed by atoms with Crippen LogP contribution in [-0.4, -0.2) is 40.1 Å². The quantitative estimate of drug-likeness (QED) is 0.780. The fourth-order valence-electron chi connectivity index (χ4n) is 2.64. The summed E-state index contributed by atoms with van der Waals surface area (Å²) >= 11 is 0. The second kappa shape index (κ2) is 8.19. The van der Waals surface area contributed by atoms with Gasteiger partial charge in [-0.3, -0.25) is 19.4 Å². The first-order valence-corrected chi connectivity index (χ1v) is 8.01. The third-order valence-corrected chi connectivity index (χ3v) is 3.81. The van der Waals surface area contributed by atoms with Crippen molar-refractivity contribution in [2.24, 2.45) is 11.7 Å². The minimum atomic E-state index is -0.901. The zero-order valence-electron chi connectivity index (χ0n) is 14.3. The predicted molar refractivity (Wildman–Crippen MR) is 93.9 cm³/mol. The normalized spacial score (nSPS) is 11.8. The van der Waals surface area contributed by atoms with Crippen molar-refractivity contribution in [1.29, 1.82) is 0 Å². The maximum absolute atomic E-state index is 12.9. The van der Waals surface area contributed by atoms with Crippen LogP contribution in [0.3, 0.4) is 0 Å². The summed E-state index contributed by atoms with van der Waals surface area (Å²) in [7, 11) is 0. The molecule has 6 heteroatoms. The van der Waals surface area contributed by atoms with Crippen molar-refractivity contribution in [3.05, 3.63) is 66.0 Å². The summed E-state index contributed by atoms with van der Waals surface area (Å²) in [6, 6.07) is 12.6. The number of hydrogen-bond donors (Lipinski definition) is 1. The Morgan fingerprint density at radius 2 is 1.68 bits per heavy atom. The molecule has 2 aromatic rings. The van der Waals surface area contributed by atoms with Gasteiger partial charge in [-0.2, -0.15) is 0 Å². The summed E-state index contributed by atoms with van der Waals surface area (Å²) in [5.41, 5.74) is 6.13. The van der Waals surface area contributed by atoms with Crippen LogP contribution in [0.4, 0.5) is 0 Å². The number of ketones is 1. The van der Waals surface area contributed by atoms with Crippen molar-refractivity contribution >= 4 is 17.6 Å². The molecule has 25 heavy (non-hydrogen) atoms. The average molecular weight is 339 g/mol. The fraction of sp³-hybridized carbons (Fsp3) is 0.263. The summed E-state index contributed by atoms with van der Waals surface area (Å²) in [5, 5.41) is 0. The average Bonchev–Trinajstić information content (AvgIpc) is 2.61. The smallest absolute Gasteiger partial charge is 0.273 e. The van der Waals surface area contributed by atoms with Gasteiger partial charge >= 0.3 is 0 Å². The number of hydrogen-bond acceptors (Lipinski definition) is 4. The van der Waals surface area contributed by atoms with Gasteiger partial charge in [-0.1, -0.05) is 50.2 Å². The molecule has 6 nitrogen and oxygen atoms in total. The predicted octanol–water partition coefficient (Wildman–Crippen LogP) is 1.92. The van der Waals surface area contributed by atoms with E-state index in [1.54, 1.807) is 62.4 Å². The number of primary amides is 1. The minimum Gasteiger partial charge on any atom is -0.368 e. The monoisotopic (exact) mass is 339 g/mol. The zero-order chi connectivity index (χ0) is 18.4. The number of carbonyl (C=O) groups is 3.